The summed E-state index contributed by atoms with van der Waals surface area (Å²) in [5.74, 6) is 2.64. The van der Waals surface area contributed by atoms with Crippen molar-refractivity contribution in [1.82, 2.24) is 0 Å². The first-order chi connectivity index (χ1) is 7.42. The van der Waals surface area contributed by atoms with E-state index in [2.05, 4.69) is 33.8 Å². The molecule has 0 aliphatic heterocycles. The van der Waals surface area contributed by atoms with E-state index in [0.29, 0.717) is 11.8 Å². The minimum absolute atomic E-state index is 0.423. The first-order valence-electron chi connectivity index (χ1n) is 6.81. The third kappa shape index (κ3) is 2.07. The van der Waals surface area contributed by atoms with Crippen LogP contribution in [0.25, 0.3) is 0 Å². The van der Waals surface area contributed by atoms with Gasteiger partial charge in [0.05, 0.1) is 5.60 Å². The molecule has 4 atom stereocenters. The Morgan fingerprint density at radius 2 is 2.06 bits per heavy atom. The van der Waals surface area contributed by atoms with Crippen LogP contribution in [-0.2, 0) is 0 Å². The molecule has 0 aromatic rings. The lowest BCUT2D eigenvalue weighted by molar-refractivity contribution is -0.0807. The van der Waals surface area contributed by atoms with Crippen molar-refractivity contribution in [1.29, 1.82) is 0 Å². The Morgan fingerprint density at radius 1 is 1.38 bits per heavy atom. The zero-order chi connectivity index (χ0) is 11.9. The van der Waals surface area contributed by atoms with E-state index in [0.717, 1.165) is 18.3 Å². The maximum Gasteiger partial charge on any atom is 0.0653 e. The highest BCUT2D eigenvalue weighted by atomic mass is 16.3. The normalized spacial score (nSPS) is 44.1. The highest BCUT2D eigenvalue weighted by molar-refractivity contribution is 5.13. The summed E-state index contributed by atoms with van der Waals surface area (Å²) < 4.78 is 0. The number of rotatable bonds is 1. The van der Waals surface area contributed by atoms with Crippen LogP contribution in [0.2, 0.25) is 0 Å². The van der Waals surface area contributed by atoms with Gasteiger partial charge >= 0.3 is 0 Å². The van der Waals surface area contributed by atoms with Crippen molar-refractivity contribution in [2.75, 3.05) is 0 Å². The number of fused-ring (bicyclic) bond motifs is 1. The van der Waals surface area contributed by atoms with Crippen LogP contribution >= 0.6 is 0 Å². The zero-order valence-electron chi connectivity index (χ0n) is 11.2. The molecule has 0 heterocycles. The molecule has 0 spiro atoms. The van der Waals surface area contributed by atoms with Gasteiger partial charge in [0, 0.05) is 0 Å². The van der Waals surface area contributed by atoms with E-state index in [9.17, 15) is 5.11 Å². The lowest BCUT2D eigenvalue weighted by Crippen LogP contribution is -2.48. The zero-order valence-corrected chi connectivity index (χ0v) is 11.2. The summed E-state index contributed by atoms with van der Waals surface area (Å²) >= 11 is 0. The summed E-state index contributed by atoms with van der Waals surface area (Å²) in [5, 5.41) is 10.5. The molecule has 1 heteroatoms. The third-order valence-electron chi connectivity index (χ3n) is 4.92. The van der Waals surface area contributed by atoms with E-state index in [-0.39, 0.29) is 0 Å². The van der Waals surface area contributed by atoms with Gasteiger partial charge in [-0.05, 0) is 63.2 Å². The van der Waals surface area contributed by atoms with E-state index in [1.54, 1.807) is 0 Å². The van der Waals surface area contributed by atoms with Gasteiger partial charge in [0.1, 0.15) is 0 Å². The van der Waals surface area contributed by atoms with Gasteiger partial charge in [0.25, 0.3) is 0 Å². The average Bonchev–Trinajstić information content (AvgIpc) is 2.16. The monoisotopic (exact) mass is 222 g/mol. The highest BCUT2D eigenvalue weighted by Crippen LogP contribution is 2.49. The summed E-state index contributed by atoms with van der Waals surface area (Å²) in [4.78, 5) is 0. The average molecular weight is 222 g/mol. The van der Waals surface area contributed by atoms with Crippen LogP contribution < -0.4 is 0 Å². The van der Waals surface area contributed by atoms with Gasteiger partial charge in [-0.3, -0.25) is 0 Å². The molecule has 0 unspecified atom stereocenters. The summed E-state index contributed by atoms with van der Waals surface area (Å²) in [6.45, 7) is 8.96. The van der Waals surface area contributed by atoms with E-state index in [4.69, 9.17) is 0 Å². The molecule has 2 aliphatic rings. The smallest absolute Gasteiger partial charge is 0.0653 e. The lowest BCUT2D eigenvalue weighted by atomic mass is 9.58. The second-order valence-electron chi connectivity index (χ2n) is 6.54. The Hall–Kier alpha value is -0.300. The van der Waals surface area contributed by atoms with Gasteiger partial charge in [0.2, 0.25) is 0 Å². The molecule has 1 nitrogen and oxygen atoms in total. The largest absolute Gasteiger partial charge is 0.390 e. The molecule has 1 saturated carbocycles. The van der Waals surface area contributed by atoms with Crippen LogP contribution in [0, 0.1) is 23.7 Å². The summed E-state index contributed by atoms with van der Waals surface area (Å²) in [6, 6.07) is 0. The van der Waals surface area contributed by atoms with Crippen molar-refractivity contribution in [3.05, 3.63) is 11.6 Å². The number of hydrogen-bond acceptors (Lipinski definition) is 1. The van der Waals surface area contributed by atoms with Gasteiger partial charge in [-0.2, -0.15) is 0 Å². The molecule has 92 valence electrons. The van der Waals surface area contributed by atoms with E-state index >= 15 is 0 Å². The van der Waals surface area contributed by atoms with Crippen LogP contribution in [-0.4, -0.2) is 10.7 Å². The maximum absolute atomic E-state index is 10.5. The molecule has 0 saturated heterocycles. The summed E-state index contributed by atoms with van der Waals surface area (Å²) in [7, 11) is 0. The lowest BCUT2D eigenvalue weighted by Gasteiger charge is -2.49. The van der Waals surface area contributed by atoms with Gasteiger partial charge < -0.3 is 5.11 Å². The third-order valence-corrected chi connectivity index (χ3v) is 4.92. The molecule has 1 N–H and O–H groups in total. The molecule has 0 bridgehead atoms. The maximum atomic E-state index is 10.5. The van der Waals surface area contributed by atoms with E-state index in [1.807, 2.05) is 0 Å². The quantitative estimate of drug-likeness (QED) is 0.669. The first-order valence-corrected chi connectivity index (χ1v) is 6.81. The van der Waals surface area contributed by atoms with Crippen molar-refractivity contribution in [3.63, 3.8) is 0 Å². The fourth-order valence-corrected chi connectivity index (χ4v) is 3.87. The van der Waals surface area contributed by atoms with Gasteiger partial charge in [-0.15, -0.1) is 0 Å². The molecule has 0 aromatic carbocycles. The molecule has 2 aliphatic carbocycles. The molecular weight excluding hydrogens is 196 g/mol. The molecule has 0 amide bonds. The van der Waals surface area contributed by atoms with Crippen molar-refractivity contribution in [2.45, 2.75) is 59.0 Å². The van der Waals surface area contributed by atoms with Gasteiger partial charge in [-0.1, -0.05) is 25.5 Å². The molecule has 0 radical (unpaired) electrons. The topological polar surface area (TPSA) is 20.2 Å². The second kappa shape index (κ2) is 4.18. The Labute approximate surface area is 99.9 Å². The molecule has 16 heavy (non-hydrogen) atoms. The SMILES string of the molecule is CC1=C[C@H]2[C@H](C(C)C)CC[C@@](C)(O)[C@H]2CC1. The van der Waals surface area contributed by atoms with Crippen molar-refractivity contribution < 1.29 is 5.11 Å². The minimum atomic E-state index is -0.423. The Bertz CT molecular complexity index is 288. The van der Waals surface area contributed by atoms with Crippen LogP contribution in [0.5, 0.6) is 0 Å². The van der Waals surface area contributed by atoms with Gasteiger partial charge in [0.15, 0.2) is 0 Å². The fourth-order valence-electron chi connectivity index (χ4n) is 3.87. The summed E-state index contributed by atoms with van der Waals surface area (Å²) in [5.41, 5.74) is 1.11. The molecule has 2 rings (SSSR count). The highest BCUT2D eigenvalue weighted by Gasteiger charge is 2.46. The predicted octanol–water partition coefficient (Wildman–Crippen LogP) is 3.78. The van der Waals surface area contributed by atoms with Crippen molar-refractivity contribution >= 4 is 0 Å². The molecule has 1 fully saturated rings. The van der Waals surface area contributed by atoms with Gasteiger partial charge in [-0.25, -0.2) is 0 Å². The van der Waals surface area contributed by atoms with E-state index in [1.165, 1.54) is 24.8 Å². The molecule has 0 aromatic heterocycles. The predicted molar refractivity (Wildman–Crippen MR) is 68.2 cm³/mol. The van der Waals surface area contributed by atoms with Crippen LogP contribution in [0.1, 0.15) is 53.4 Å². The van der Waals surface area contributed by atoms with Crippen molar-refractivity contribution in [3.8, 4) is 0 Å². The second-order valence-corrected chi connectivity index (χ2v) is 6.54. The van der Waals surface area contributed by atoms with Crippen LogP contribution in [0.3, 0.4) is 0 Å². The fraction of sp³-hybridized carbons (Fsp3) is 0.867. The Balaban J connectivity index is 2.27. The van der Waals surface area contributed by atoms with Crippen LogP contribution in [0.15, 0.2) is 11.6 Å². The molecular formula is C15H26O. The number of hydrogen-bond donors (Lipinski definition) is 1. The van der Waals surface area contributed by atoms with E-state index < -0.39 is 5.60 Å². The first kappa shape index (κ1) is 12.2. The number of allylic oxidation sites excluding steroid dienone is 2. The van der Waals surface area contributed by atoms with Crippen LogP contribution in [0.4, 0.5) is 0 Å². The van der Waals surface area contributed by atoms with Crippen molar-refractivity contribution in [2.24, 2.45) is 23.7 Å². The summed E-state index contributed by atoms with van der Waals surface area (Å²) in [6.07, 6.45) is 7.01. The Kier molecular flexibility index (Phi) is 3.18. The minimum Gasteiger partial charge on any atom is -0.390 e. The Morgan fingerprint density at radius 3 is 2.69 bits per heavy atom. The number of aliphatic hydroxyl groups is 1. The standard InChI is InChI=1S/C15H26O/c1-10(2)12-7-8-15(4,16)14-6-5-11(3)9-13(12)14/h9-10,12-14,16H,5-8H2,1-4H3/t12-,13-,14-,15+/m0/s1.